The molecule has 1 heterocycles. The highest BCUT2D eigenvalue weighted by molar-refractivity contribution is 6.31. The second kappa shape index (κ2) is 7.24. The number of carbonyl (C=O) groups excluding carboxylic acids is 1. The number of carbonyl (C=O) groups is 1. The van der Waals surface area contributed by atoms with E-state index in [0.29, 0.717) is 10.6 Å². The molecule has 1 aromatic heterocycles. The van der Waals surface area contributed by atoms with Crippen LogP contribution in [0.2, 0.25) is 5.02 Å². The number of rotatable bonds is 5. The minimum absolute atomic E-state index is 0.279. The molecule has 0 spiro atoms. The van der Waals surface area contributed by atoms with Gasteiger partial charge in [0, 0.05) is 43.0 Å². The highest BCUT2D eigenvalue weighted by Gasteiger charge is 2.19. The Balaban J connectivity index is 2.06. The zero-order valence-electron chi connectivity index (χ0n) is 12.5. The molecule has 0 aliphatic heterocycles. The van der Waals surface area contributed by atoms with E-state index in [0.717, 1.165) is 11.4 Å². The van der Waals surface area contributed by atoms with E-state index in [4.69, 9.17) is 11.6 Å². The molecule has 116 valence electrons. The number of hydrogen-bond acceptors (Lipinski definition) is 4. The van der Waals surface area contributed by atoms with Crippen LogP contribution in [0.1, 0.15) is 17.2 Å². The van der Waals surface area contributed by atoms with Gasteiger partial charge in [-0.3, -0.25) is 4.79 Å². The molecule has 0 aliphatic rings. The van der Waals surface area contributed by atoms with Crippen LogP contribution in [-0.2, 0) is 11.3 Å². The lowest BCUT2D eigenvalue weighted by Gasteiger charge is -2.17. The number of anilines is 1. The van der Waals surface area contributed by atoms with Gasteiger partial charge in [0.15, 0.2) is 6.10 Å². The first-order valence-electron chi connectivity index (χ1n) is 6.82. The van der Waals surface area contributed by atoms with Crippen molar-refractivity contribution in [2.45, 2.75) is 12.6 Å². The summed E-state index contributed by atoms with van der Waals surface area (Å²) in [5.41, 5.74) is 1.26. The third-order valence-corrected chi connectivity index (χ3v) is 3.54. The zero-order valence-corrected chi connectivity index (χ0v) is 13.2. The molecule has 0 saturated carbocycles. The van der Waals surface area contributed by atoms with Crippen LogP contribution in [0.3, 0.4) is 0 Å². The van der Waals surface area contributed by atoms with Crippen LogP contribution >= 0.6 is 11.6 Å². The van der Waals surface area contributed by atoms with Crippen LogP contribution in [0.4, 0.5) is 5.82 Å². The van der Waals surface area contributed by atoms with Crippen molar-refractivity contribution in [1.82, 2.24) is 10.3 Å². The van der Waals surface area contributed by atoms with Crippen molar-refractivity contribution < 1.29 is 9.90 Å². The third kappa shape index (κ3) is 3.75. The van der Waals surface area contributed by atoms with E-state index in [1.54, 1.807) is 36.5 Å². The van der Waals surface area contributed by atoms with Crippen molar-refractivity contribution in [3.63, 3.8) is 0 Å². The summed E-state index contributed by atoms with van der Waals surface area (Å²) in [6.45, 7) is 0.279. The summed E-state index contributed by atoms with van der Waals surface area (Å²) in [5.74, 6) is 0.275. The minimum atomic E-state index is -1.30. The van der Waals surface area contributed by atoms with Gasteiger partial charge in [0.2, 0.25) is 0 Å². The van der Waals surface area contributed by atoms with E-state index in [-0.39, 0.29) is 6.54 Å². The molecule has 22 heavy (non-hydrogen) atoms. The Morgan fingerprint density at radius 3 is 2.73 bits per heavy atom. The van der Waals surface area contributed by atoms with Gasteiger partial charge in [-0.2, -0.15) is 0 Å². The van der Waals surface area contributed by atoms with Crippen LogP contribution in [0.15, 0.2) is 42.6 Å². The average Bonchev–Trinajstić information content (AvgIpc) is 2.52. The van der Waals surface area contributed by atoms with Crippen LogP contribution in [-0.4, -0.2) is 30.1 Å². The molecule has 0 unspecified atom stereocenters. The van der Waals surface area contributed by atoms with Crippen molar-refractivity contribution in [2.75, 3.05) is 19.0 Å². The SMILES string of the molecule is CN(C)c1ncccc1CNC(=O)[C@H](O)c1ccccc1Cl. The van der Waals surface area contributed by atoms with Crippen LogP contribution in [0.5, 0.6) is 0 Å². The maximum absolute atomic E-state index is 12.1. The molecule has 0 bridgehead atoms. The molecule has 2 N–H and O–H groups in total. The van der Waals surface area contributed by atoms with Gasteiger partial charge in [0.05, 0.1) is 0 Å². The van der Waals surface area contributed by atoms with E-state index >= 15 is 0 Å². The number of aliphatic hydroxyl groups is 1. The second-order valence-corrected chi connectivity index (χ2v) is 5.43. The fourth-order valence-corrected chi connectivity index (χ4v) is 2.33. The lowest BCUT2D eigenvalue weighted by Crippen LogP contribution is -2.29. The molecule has 1 atom stereocenters. The number of aromatic nitrogens is 1. The summed E-state index contributed by atoms with van der Waals surface area (Å²) in [5, 5.41) is 13.2. The van der Waals surface area contributed by atoms with Gasteiger partial charge < -0.3 is 15.3 Å². The molecular weight excluding hydrogens is 302 g/mol. The molecule has 5 nitrogen and oxygen atoms in total. The molecule has 6 heteroatoms. The second-order valence-electron chi connectivity index (χ2n) is 5.02. The monoisotopic (exact) mass is 319 g/mol. The first-order valence-corrected chi connectivity index (χ1v) is 7.20. The summed E-state index contributed by atoms with van der Waals surface area (Å²) in [6, 6.07) is 10.4. The van der Waals surface area contributed by atoms with Gasteiger partial charge >= 0.3 is 0 Å². The maximum Gasteiger partial charge on any atom is 0.253 e. The van der Waals surface area contributed by atoms with Gasteiger partial charge in [-0.25, -0.2) is 4.98 Å². The van der Waals surface area contributed by atoms with Crippen molar-refractivity contribution in [3.05, 3.63) is 58.7 Å². The number of nitrogens with zero attached hydrogens (tertiary/aromatic N) is 2. The fourth-order valence-electron chi connectivity index (χ4n) is 2.09. The molecular formula is C16H18ClN3O2. The topological polar surface area (TPSA) is 65.5 Å². The van der Waals surface area contributed by atoms with E-state index in [1.807, 2.05) is 25.1 Å². The molecule has 0 aliphatic carbocycles. The Kier molecular flexibility index (Phi) is 5.35. The Morgan fingerprint density at radius 2 is 2.05 bits per heavy atom. The zero-order chi connectivity index (χ0) is 16.1. The molecule has 0 radical (unpaired) electrons. The molecule has 1 amide bonds. The van der Waals surface area contributed by atoms with E-state index in [1.165, 1.54) is 0 Å². The van der Waals surface area contributed by atoms with E-state index < -0.39 is 12.0 Å². The van der Waals surface area contributed by atoms with Crippen molar-refractivity contribution in [1.29, 1.82) is 0 Å². The van der Waals surface area contributed by atoms with E-state index in [2.05, 4.69) is 10.3 Å². The number of pyridine rings is 1. The lowest BCUT2D eigenvalue weighted by molar-refractivity contribution is -0.129. The molecule has 2 aromatic rings. The smallest absolute Gasteiger partial charge is 0.253 e. The number of hydrogen-bond donors (Lipinski definition) is 2. The maximum atomic E-state index is 12.1. The Hall–Kier alpha value is -2.11. The molecule has 0 fully saturated rings. The first-order chi connectivity index (χ1) is 10.5. The van der Waals surface area contributed by atoms with Crippen LogP contribution in [0.25, 0.3) is 0 Å². The average molecular weight is 320 g/mol. The lowest BCUT2D eigenvalue weighted by atomic mass is 10.1. The van der Waals surface area contributed by atoms with Crippen molar-refractivity contribution in [2.24, 2.45) is 0 Å². The Bertz CT molecular complexity index is 661. The van der Waals surface area contributed by atoms with Crippen LogP contribution in [0, 0.1) is 0 Å². The summed E-state index contributed by atoms with van der Waals surface area (Å²) >= 11 is 5.99. The third-order valence-electron chi connectivity index (χ3n) is 3.19. The molecule has 1 aromatic carbocycles. The highest BCUT2D eigenvalue weighted by atomic mass is 35.5. The molecule has 2 rings (SSSR count). The number of benzene rings is 1. The van der Waals surface area contributed by atoms with Gasteiger partial charge in [-0.05, 0) is 12.1 Å². The quantitative estimate of drug-likeness (QED) is 0.886. The summed E-state index contributed by atoms with van der Waals surface area (Å²) in [6.07, 6.45) is 0.396. The van der Waals surface area contributed by atoms with Gasteiger partial charge in [-0.15, -0.1) is 0 Å². The standard InChI is InChI=1S/C16H18ClN3O2/c1-20(2)15-11(6-5-9-18-15)10-19-16(22)14(21)12-7-3-4-8-13(12)17/h3-9,14,21H,10H2,1-2H3,(H,19,22)/t14-/m1/s1. The van der Waals surface area contributed by atoms with Gasteiger partial charge in [0.25, 0.3) is 5.91 Å². The predicted molar refractivity (Wildman–Crippen MR) is 86.8 cm³/mol. The highest BCUT2D eigenvalue weighted by Crippen LogP contribution is 2.23. The normalized spacial score (nSPS) is 11.8. The summed E-state index contributed by atoms with van der Waals surface area (Å²) < 4.78 is 0. The van der Waals surface area contributed by atoms with E-state index in [9.17, 15) is 9.90 Å². The van der Waals surface area contributed by atoms with Crippen LogP contribution < -0.4 is 10.2 Å². The van der Waals surface area contributed by atoms with Gasteiger partial charge in [0.1, 0.15) is 5.82 Å². The van der Waals surface area contributed by atoms with Crippen molar-refractivity contribution in [3.8, 4) is 0 Å². The number of aliphatic hydroxyl groups excluding tert-OH is 1. The number of nitrogens with one attached hydrogen (secondary N) is 1. The summed E-state index contributed by atoms with van der Waals surface area (Å²) in [7, 11) is 3.76. The molecule has 0 saturated heterocycles. The van der Waals surface area contributed by atoms with Gasteiger partial charge in [-0.1, -0.05) is 35.9 Å². The number of amides is 1. The van der Waals surface area contributed by atoms with Crippen molar-refractivity contribution >= 4 is 23.3 Å². The summed E-state index contributed by atoms with van der Waals surface area (Å²) in [4.78, 5) is 18.2. The fraction of sp³-hybridized carbons (Fsp3) is 0.250. The minimum Gasteiger partial charge on any atom is -0.378 e. The Labute approximate surface area is 134 Å². The Morgan fingerprint density at radius 1 is 1.32 bits per heavy atom. The number of halogens is 1. The largest absolute Gasteiger partial charge is 0.378 e. The first kappa shape index (κ1) is 16.3. The predicted octanol–water partition coefficient (Wildman–Crippen LogP) is 2.15.